The summed E-state index contributed by atoms with van der Waals surface area (Å²) in [5.74, 6) is -1.57. The first-order valence-electron chi connectivity index (χ1n) is 5.48. The third kappa shape index (κ3) is 3.28. The van der Waals surface area contributed by atoms with Crippen LogP contribution in [0.1, 0.15) is 10.5 Å². The number of aliphatic carboxylic acids is 1. The first kappa shape index (κ1) is 14.4. The summed E-state index contributed by atoms with van der Waals surface area (Å²) in [6.07, 6.45) is 1.40. The summed E-state index contributed by atoms with van der Waals surface area (Å²) in [5, 5.41) is 15.6. The molecule has 0 atom stereocenters. The highest BCUT2D eigenvalue weighted by atomic mass is 35.5. The van der Waals surface area contributed by atoms with Gasteiger partial charge < -0.3 is 10.4 Å². The molecular weight excluding hydrogens is 305 g/mol. The monoisotopic (exact) mass is 313 g/mol. The highest BCUT2D eigenvalue weighted by molar-refractivity contribution is 6.39. The van der Waals surface area contributed by atoms with Gasteiger partial charge >= 0.3 is 5.97 Å². The SMILES string of the molecule is O=C(O)Cn1ccc(C(=O)Nc2c(Cl)cccc2Cl)n1. The number of benzene rings is 1. The van der Waals surface area contributed by atoms with E-state index in [1.165, 1.54) is 12.3 Å². The first-order chi connectivity index (χ1) is 9.47. The quantitative estimate of drug-likeness (QED) is 0.908. The fraction of sp³-hybridized carbons (Fsp3) is 0.0833. The van der Waals surface area contributed by atoms with Gasteiger partial charge in [-0.3, -0.25) is 14.3 Å². The summed E-state index contributed by atoms with van der Waals surface area (Å²) in [6.45, 7) is -0.319. The molecule has 8 heteroatoms. The van der Waals surface area contributed by atoms with E-state index in [0.717, 1.165) is 4.68 Å². The molecule has 0 spiro atoms. The number of carbonyl (C=O) groups excluding carboxylic acids is 1. The van der Waals surface area contributed by atoms with E-state index >= 15 is 0 Å². The maximum absolute atomic E-state index is 12.0. The first-order valence-corrected chi connectivity index (χ1v) is 6.23. The Morgan fingerprint density at radius 2 is 1.90 bits per heavy atom. The van der Waals surface area contributed by atoms with Gasteiger partial charge in [-0.05, 0) is 18.2 Å². The minimum Gasteiger partial charge on any atom is -0.480 e. The second-order valence-electron chi connectivity index (χ2n) is 3.84. The van der Waals surface area contributed by atoms with Crippen LogP contribution in [0.3, 0.4) is 0 Å². The Balaban J connectivity index is 2.16. The van der Waals surface area contributed by atoms with Crippen molar-refractivity contribution < 1.29 is 14.7 Å². The fourth-order valence-electron chi connectivity index (χ4n) is 1.50. The number of amides is 1. The van der Waals surface area contributed by atoms with Crippen molar-refractivity contribution in [2.75, 3.05) is 5.32 Å². The number of nitrogens with one attached hydrogen (secondary N) is 1. The molecule has 2 N–H and O–H groups in total. The molecule has 1 amide bonds. The normalized spacial score (nSPS) is 10.3. The molecule has 0 aliphatic rings. The second-order valence-corrected chi connectivity index (χ2v) is 4.66. The lowest BCUT2D eigenvalue weighted by atomic mass is 10.3. The van der Waals surface area contributed by atoms with Crippen LogP contribution >= 0.6 is 23.2 Å². The van der Waals surface area contributed by atoms with Crippen molar-refractivity contribution in [3.8, 4) is 0 Å². The maximum Gasteiger partial charge on any atom is 0.325 e. The van der Waals surface area contributed by atoms with Crippen molar-refractivity contribution in [3.05, 3.63) is 46.2 Å². The third-order valence-electron chi connectivity index (χ3n) is 2.37. The molecule has 20 heavy (non-hydrogen) atoms. The van der Waals surface area contributed by atoms with Crippen molar-refractivity contribution in [2.24, 2.45) is 0 Å². The fourth-order valence-corrected chi connectivity index (χ4v) is 2.00. The number of aromatic nitrogens is 2. The Bertz CT molecular complexity index is 649. The lowest BCUT2D eigenvalue weighted by molar-refractivity contribution is -0.137. The Hall–Kier alpha value is -2.05. The molecule has 6 nitrogen and oxygen atoms in total. The van der Waals surface area contributed by atoms with Crippen molar-refractivity contribution in [1.82, 2.24) is 9.78 Å². The molecule has 1 heterocycles. The number of halogens is 2. The predicted molar refractivity (Wildman–Crippen MR) is 74.3 cm³/mol. The number of carboxylic acid groups (broad SMARTS) is 1. The van der Waals surface area contributed by atoms with Gasteiger partial charge in [0.25, 0.3) is 5.91 Å². The molecule has 0 aliphatic carbocycles. The molecule has 1 aromatic carbocycles. The van der Waals surface area contributed by atoms with Crippen molar-refractivity contribution >= 4 is 40.8 Å². The summed E-state index contributed by atoms with van der Waals surface area (Å²) >= 11 is 11.9. The summed E-state index contributed by atoms with van der Waals surface area (Å²) in [5.41, 5.74) is 0.357. The van der Waals surface area contributed by atoms with Gasteiger partial charge in [-0.25, -0.2) is 0 Å². The lowest BCUT2D eigenvalue weighted by Crippen LogP contribution is -2.15. The zero-order valence-electron chi connectivity index (χ0n) is 10.0. The largest absolute Gasteiger partial charge is 0.480 e. The topological polar surface area (TPSA) is 84.2 Å². The van der Waals surface area contributed by atoms with Crippen LogP contribution in [0.5, 0.6) is 0 Å². The molecule has 0 aliphatic heterocycles. The number of nitrogens with zero attached hydrogens (tertiary/aromatic N) is 2. The number of hydrogen-bond donors (Lipinski definition) is 2. The van der Waals surface area contributed by atoms with Gasteiger partial charge in [-0.2, -0.15) is 5.10 Å². The number of hydrogen-bond acceptors (Lipinski definition) is 3. The number of rotatable bonds is 4. The van der Waals surface area contributed by atoms with E-state index in [1.807, 2.05) is 0 Å². The number of carbonyl (C=O) groups is 2. The average molecular weight is 314 g/mol. The van der Waals surface area contributed by atoms with Gasteiger partial charge in [0, 0.05) is 6.20 Å². The molecule has 0 saturated carbocycles. The molecule has 2 aromatic rings. The third-order valence-corrected chi connectivity index (χ3v) is 3.00. The maximum atomic E-state index is 12.0. The average Bonchev–Trinajstić information content (AvgIpc) is 2.81. The van der Waals surface area contributed by atoms with Crippen LogP contribution in [0.2, 0.25) is 10.0 Å². The van der Waals surface area contributed by atoms with E-state index in [0.29, 0.717) is 10.0 Å². The molecule has 0 bridgehead atoms. The Morgan fingerprint density at radius 1 is 1.25 bits per heavy atom. The van der Waals surface area contributed by atoms with Crippen LogP contribution in [0.4, 0.5) is 5.69 Å². The molecule has 0 radical (unpaired) electrons. The molecule has 1 aromatic heterocycles. The second kappa shape index (κ2) is 5.94. The van der Waals surface area contributed by atoms with Crippen LogP contribution in [-0.4, -0.2) is 26.8 Å². The van der Waals surface area contributed by atoms with Crippen LogP contribution in [0.25, 0.3) is 0 Å². The highest BCUT2D eigenvalue weighted by Gasteiger charge is 2.14. The van der Waals surface area contributed by atoms with E-state index in [2.05, 4.69) is 10.4 Å². The molecule has 104 valence electrons. The summed E-state index contributed by atoms with van der Waals surface area (Å²) < 4.78 is 1.14. The molecular formula is C12H9Cl2N3O3. The Kier molecular flexibility index (Phi) is 4.26. The number of para-hydroxylation sites is 1. The Labute approximate surface area is 123 Å². The Morgan fingerprint density at radius 3 is 2.50 bits per heavy atom. The summed E-state index contributed by atoms with van der Waals surface area (Å²) in [4.78, 5) is 22.5. The predicted octanol–water partition coefficient (Wildman–Crippen LogP) is 2.53. The zero-order chi connectivity index (χ0) is 14.7. The van der Waals surface area contributed by atoms with E-state index in [4.69, 9.17) is 28.3 Å². The van der Waals surface area contributed by atoms with Crippen LogP contribution in [0, 0.1) is 0 Å². The van der Waals surface area contributed by atoms with Crippen LogP contribution in [-0.2, 0) is 11.3 Å². The minimum absolute atomic E-state index is 0.0715. The summed E-state index contributed by atoms with van der Waals surface area (Å²) in [7, 11) is 0. The van der Waals surface area contributed by atoms with Crippen molar-refractivity contribution in [3.63, 3.8) is 0 Å². The van der Waals surface area contributed by atoms with Gasteiger partial charge in [-0.15, -0.1) is 0 Å². The highest BCUT2D eigenvalue weighted by Crippen LogP contribution is 2.29. The van der Waals surface area contributed by atoms with Gasteiger partial charge in [0.05, 0.1) is 15.7 Å². The lowest BCUT2D eigenvalue weighted by Gasteiger charge is -2.07. The van der Waals surface area contributed by atoms with E-state index < -0.39 is 11.9 Å². The van der Waals surface area contributed by atoms with Crippen molar-refractivity contribution in [2.45, 2.75) is 6.54 Å². The molecule has 0 saturated heterocycles. The van der Waals surface area contributed by atoms with E-state index in [1.54, 1.807) is 18.2 Å². The molecule has 0 fully saturated rings. The number of anilines is 1. The smallest absolute Gasteiger partial charge is 0.325 e. The van der Waals surface area contributed by atoms with E-state index in [-0.39, 0.29) is 17.9 Å². The van der Waals surface area contributed by atoms with E-state index in [9.17, 15) is 9.59 Å². The van der Waals surface area contributed by atoms with Crippen LogP contribution < -0.4 is 5.32 Å². The minimum atomic E-state index is -1.05. The van der Waals surface area contributed by atoms with Crippen molar-refractivity contribution in [1.29, 1.82) is 0 Å². The van der Waals surface area contributed by atoms with Gasteiger partial charge in [0.1, 0.15) is 6.54 Å². The van der Waals surface area contributed by atoms with Crippen LogP contribution in [0.15, 0.2) is 30.5 Å². The molecule has 2 rings (SSSR count). The van der Waals surface area contributed by atoms with Gasteiger partial charge in [0.15, 0.2) is 5.69 Å². The standard InChI is InChI=1S/C12H9Cl2N3O3/c13-7-2-1-3-8(14)11(7)15-12(20)9-4-5-17(16-9)6-10(18)19/h1-5H,6H2,(H,15,20)(H,18,19). The zero-order valence-corrected chi connectivity index (χ0v) is 11.5. The van der Waals surface area contributed by atoms with Gasteiger partial charge in [0.2, 0.25) is 0 Å². The number of carboxylic acids is 1. The molecule has 0 unspecified atom stereocenters. The van der Waals surface area contributed by atoms with Gasteiger partial charge in [-0.1, -0.05) is 29.3 Å². The summed E-state index contributed by atoms with van der Waals surface area (Å²) in [6, 6.07) is 6.24.